The Morgan fingerprint density at radius 2 is 1.50 bits per heavy atom. The van der Waals surface area contributed by atoms with Crippen LogP contribution in [0.4, 0.5) is 0 Å². The molecule has 1 rings (SSSR count). The number of benzene rings is 1. The van der Waals surface area contributed by atoms with Gasteiger partial charge in [0, 0.05) is 6.42 Å². The molecule has 0 aliphatic rings. The van der Waals surface area contributed by atoms with Crippen LogP contribution >= 0.6 is 0 Å². The molecule has 154 valence electrons. The Bertz CT molecular complexity index is 683. The maximum atomic E-state index is 12.4. The van der Waals surface area contributed by atoms with Gasteiger partial charge in [-0.1, -0.05) is 30.3 Å². The summed E-state index contributed by atoms with van der Waals surface area (Å²) < 4.78 is 0. The zero-order valence-corrected chi connectivity index (χ0v) is 15.0. The van der Waals surface area contributed by atoms with Gasteiger partial charge < -0.3 is 37.0 Å². The molecule has 11 heteroatoms. The highest BCUT2D eigenvalue weighted by Gasteiger charge is 2.28. The molecule has 0 saturated carbocycles. The summed E-state index contributed by atoms with van der Waals surface area (Å²) in [5.41, 5.74) is 6.04. The Morgan fingerprint density at radius 3 is 2.04 bits per heavy atom. The molecule has 28 heavy (non-hydrogen) atoms. The van der Waals surface area contributed by atoms with Crippen molar-refractivity contribution in [2.75, 3.05) is 19.8 Å². The van der Waals surface area contributed by atoms with Crippen LogP contribution in [-0.4, -0.2) is 76.9 Å². The number of nitrogens with two attached hydrogens (primary N) is 1. The minimum Gasteiger partial charge on any atom is -0.480 e. The largest absolute Gasteiger partial charge is 0.480 e. The number of aliphatic hydroxyl groups is 2. The molecular weight excluding hydrogens is 372 g/mol. The van der Waals surface area contributed by atoms with Gasteiger partial charge in [0.1, 0.15) is 24.7 Å². The van der Waals surface area contributed by atoms with Gasteiger partial charge >= 0.3 is 5.97 Å². The molecule has 3 atom stereocenters. The smallest absolute Gasteiger partial charge is 0.322 e. The highest BCUT2D eigenvalue weighted by molar-refractivity contribution is 5.93. The number of aliphatic hydroxyl groups excluding tert-OH is 2. The van der Waals surface area contributed by atoms with E-state index in [-0.39, 0.29) is 6.42 Å². The zero-order valence-electron chi connectivity index (χ0n) is 15.0. The standard InChI is InChI=1S/C17H24N4O7/c18-11(8-22)15(26)21-13(9-23)17(28)20-12(16(27)19-7-14(24)25)6-10-4-2-1-3-5-10/h1-5,11-13,22-23H,6-9,18H2,(H,19,27)(H,20,28)(H,21,26)(H,24,25). The first-order chi connectivity index (χ1) is 13.3. The van der Waals surface area contributed by atoms with Crippen LogP contribution in [0.5, 0.6) is 0 Å². The number of amides is 3. The second-order valence-electron chi connectivity index (χ2n) is 5.90. The fourth-order valence-electron chi connectivity index (χ4n) is 2.17. The Hall–Kier alpha value is -3.02. The molecule has 8 N–H and O–H groups in total. The summed E-state index contributed by atoms with van der Waals surface area (Å²) in [6.45, 7) is -2.06. The Kier molecular flexibility index (Phi) is 9.57. The number of aliphatic carboxylic acids is 1. The molecule has 0 aromatic heterocycles. The van der Waals surface area contributed by atoms with Crippen LogP contribution in [0.2, 0.25) is 0 Å². The quantitative estimate of drug-likeness (QED) is 0.202. The van der Waals surface area contributed by atoms with Crippen molar-refractivity contribution < 1.29 is 34.5 Å². The van der Waals surface area contributed by atoms with Gasteiger partial charge in [-0.2, -0.15) is 0 Å². The van der Waals surface area contributed by atoms with Gasteiger partial charge in [0.2, 0.25) is 17.7 Å². The lowest BCUT2D eigenvalue weighted by Gasteiger charge is -2.22. The van der Waals surface area contributed by atoms with E-state index >= 15 is 0 Å². The van der Waals surface area contributed by atoms with Crippen LogP contribution in [0.15, 0.2) is 30.3 Å². The molecule has 0 aliphatic carbocycles. The number of nitrogens with one attached hydrogen (secondary N) is 3. The SMILES string of the molecule is NC(CO)C(=O)NC(CO)C(=O)NC(Cc1ccccc1)C(=O)NCC(=O)O. The molecule has 3 amide bonds. The van der Waals surface area contributed by atoms with Crippen LogP contribution in [0.3, 0.4) is 0 Å². The molecule has 0 spiro atoms. The van der Waals surface area contributed by atoms with E-state index < -0.39 is 61.6 Å². The maximum absolute atomic E-state index is 12.4. The minimum atomic E-state index is -1.41. The molecule has 11 nitrogen and oxygen atoms in total. The van der Waals surface area contributed by atoms with Crippen LogP contribution in [0.1, 0.15) is 5.56 Å². The molecule has 0 bridgehead atoms. The summed E-state index contributed by atoms with van der Waals surface area (Å²) in [7, 11) is 0. The number of hydrogen-bond acceptors (Lipinski definition) is 7. The minimum absolute atomic E-state index is 0.0558. The predicted octanol–water partition coefficient (Wildman–Crippen LogP) is -3.29. The van der Waals surface area contributed by atoms with Crippen molar-refractivity contribution in [3.63, 3.8) is 0 Å². The van der Waals surface area contributed by atoms with Gasteiger partial charge in [0.05, 0.1) is 13.2 Å². The molecule has 1 aromatic rings. The molecular formula is C17H24N4O7. The van der Waals surface area contributed by atoms with E-state index in [1.54, 1.807) is 30.3 Å². The van der Waals surface area contributed by atoms with Crippen molar-refractivity contribution in [2.45, 2.75) is 24.5 Å². The molecule has 0 heterocycles. The van der Waals surface area contributed by atoms with Crippen molar-refractivity contribution in [3.8, 4) is 0 Å². The van der Waals surface area contributed by atoms with E-state index in [0.717, 1.165) is 0 Å². The highest BCUT2D eigenvalue weighted by Crippen LogP contribution is 2.04. The lowest BCUT2D eigenvalue weighted by atomic mass is 10.0. The third-order valence-corrected chi connectivity index (χ3v) is 3.68. The second-order valence-corrected chi connectivity index (χ2v) is 5.90. The molecule has 0 radical (unpaired) electrons. The van der Waals surface area contributed by atoms with E-state index in [4.69, 9.17) is 15.9 Å². The lowest BCUT2D eigenvalue weighted by Crippen LogP contribution is -2.58. The third kappa shape index (κ3) is 7.70. The van der Waals surface area contributed by atoms with Gasteiger partial charge in [-0.25, -0.2) is 0 Å². The van der Waals surface area contributed by atoms with E-state index in [1.165, 1.54) is 0 Å². The summed E-state index contributed by atoms with van der Waals surface area (Å²) in [5, 5.41) is 33.6. The van der Waals surface area contributed by atoms with Crippen LogP contribution in [0.25, 0.3) is 0 Å². The van der Waals surface area contributed by atoms with Gasteiger partial charge in [-0.3, -0.25) is 19.2 Å². The topological polar surface area (TPSA) is 191 Å². The van der Waals surface area contributed by atoms with Crippen molar-refractivity contribution in [2.24, 2.45) is 5.73 Å². The van der Waals surface area contributed by atoms with Gasteiger partial charge in [-0.15, -0.1) is 0 Å². The number of carbonyl (C=O) groups is 4. The van der Waals surface area contributed by atoms with E-state index in [0.29, 0.717) is 5.56 Å². The Labute approximate surface area is 160 Å². The number of carbonyl (C=O) groups excluding carboxylic acids is 3. The third-order valence-electron chi connectivity index (χ3n) is 3.68. The second kappa shape index (κ2) is 11.6. The molecule has 0 fully saturated rings. The first-order valence-corrected chi connectivity index (χ1v) is 8.40. The van der Waals surface area contributed by atoms with Crippen LogP contribution < -0.4 is 21.7 Å². The Morgan fingerprint density at radius 1 is 0.893 bits per heavy atom. The van der Waals surface area contributed by atoms with E-state index in [9.17, 15) is 24.3 Å². The Balaban J connectivity index is 2.86. The molecule has 3 unspecified atom stereocenters. The monoisotopic (exact) mass is 396 g/mol. The number of carboxylic acid groups (broad SMARTS) is 1. The summed E-state index contributed by atoms with van der Waals surface area (Å²) in [6.07, 6.45) is 0.0558. The van der Waals surface area contributed by atoms with Crippen molar-refractivity contribution in [1.29, 1.82) is 0 Å². The first kappa shape index (κ1) is 23.0. The molecule has 0 aliphatic heterocycles. The van der Waals surface area contributed by atoms with Crippen LogP contribution in [0, 0.1) is 0 Å². The van der Waals surface area contributed by atoms with Crippen molar-refractivity contribution in [1.82, 2.24) is 16.0 Å². The van der Waals surface area contributed by atoms with Gasteiger partial charge in [0.25, 0.3) is 0 Å². The molecule has 0 saturated heterocycles. The van der Waals surface area contributed by atoms with Crippen molar-refractivity contribution in [3.05, 3.63) is 35.9 Å². The lowest BCUT2D eigenvalue weighted by molar-refractivity contribution is -0.138. The van der Waals surface area contributed by atoms with E-state index in [1.807, 2.05) is 0 Å². The van der Waals surface area contributed by atoms with E-state index in [2.05, 4.69) is 16.0 Å². The maximum Gasteiger partial charge on any atom is 0.322 e. The highest BCUT2D eigenvalue weighted by atomic mass is 16.4. The first-order valence-electron chi connectivity index (χ1n) is 8.40. The average molecular weight is 396 g/mol. The number of carboxylic acids is 1. The van der Waals surface area contributed by atoms with Crippen molar-refractivity contribution >= 4 is 23.7 Å². The van der Waals surface area contributed by atoms with Gasteiger partial charge in [-0.05, 0) is 5.56 Å². The fourth-order valence-corrected chi connectivity index (χ4v) is 2.17. The van der Waals surface area contributed by atoms with Gasteiger partial charge in [0.15, 0.2) is 0 Å². The number of rotatable bonds is 11. The fraction of sp³-hybridized carbons (Fsp3) is 0.412. The number of hydrogen-bond donors (Lipinski definition) is 7. The summed E-state index contributed by atoms with van der Waals surface area (Å²) in [5.74, 6) is -3.72. The predicted molar refractivity (Wildman–Crippen MR) is 96.8 cm³/mol. The summed E-state index contributed by atoms with van der Waals surface area (Å²) in [4.78, 5) is 47.0. The average Bonchev–Trinajstić information content (AvgIpc) is 2.69. The van der Waals surface area contributed by atoms with Crippen LogP contribution in [-0.2, 0) is 25.6 Å². The summed E-state index contributed by atoms with van der Waals surface area (Å²) in [6, 6.07) is 4.84. The molecule has 1 aromatic carbocycles. The zero-order chi connectivity index (χ0) is 21.1. The summed E-state index contributed by atoms with van der Waals surface area (Å²) >= 11 is 0. The normalized spacial score (nSPS) is 13.7.